The number of carbonyl (C=O) groups excluding carboxylic acids is 2. The van der Waals surface area contributed by atoms with Gasteiger partial charge in [0.15, 0.2) is 5.13 Å². The average Bonchev–Trinajstić information content (AvgIpc) is 3.03. The molecule has 2 aromatic rings. The van der Waals surface area contributed by atoms with Crippen LogP contribution in [0.2, 0.25) is 0 Å². The molecule has 3 rings (SSSR count). The standard InChI is InChI=1S/C22H29N3O3S/c1-15-8-10-16(11-9-15)6-5-7-19(26)24-20-23-17-12-13-25(14-18(17)29-20)21(27)28-22(2,3)4/h8-11H,5-7,12-14H2,1-4H3,(H,23,24,26). The SMILES string of the molecule is Cc1ccc(CCCC(=O)Nc2nc3c(s2)CN(C(=O)OC(C)(C)C)CC3)cc1. The van der Waals surface area contributed by atoms with E-state index in [9.17, 15) is 9.59 Å². The first-order chi connectivity index (χ1) is 13.7. The lowest BCUT2D eigenvalue weighted by molar-refractivity contribution is -0.116. The van der Waals surface area contributed by atoms with Crippen molar-refractivity contribution < 1.29 is 14.3 Å². The summed E-state index contributed by atoms with van der Waals surface area (Å²) in [4.78, 5) is 31.8. The third-order valence-corrected chi connectivity index (χ3v) is 5.62. The highest BCUT2D eigenvalue weighted by atomic mass is 32.1. The quantitative estimate of drug-likeness (QED) is 0.768. The molecule has 0 spiro atoms. The van der Waals surface area contributed by atoms with Gasteiger partial charge in [0.25, 0.3) is 0 Å². The number of aromatic nitrogens is 1. The van der Waals surface area contributed by atoms with E-state index in [1.165, 1.54) is 22.5 Å². The van der Waals surface area contributed by atoms with Crippen LogP contribution in [-0.4, -0.2) is 34.0 Å². The number of carbonyl (C=O) groups is 2. The molecule has 1 aromatic heterocycles. The number of hydrogen-bond donors (Lipinski definition) is 1. The van der Waals surface area contributed by atoms with Gasteiger partial charge in [-0.3, -0.25) is 4.79 Å². The molecule has 6 nitrogen and oxygen atoms in total. The number of benzene rings is 1. The molecule has 1 aliphatic heterocycles. The third-order valence-electron chi connectivity index (χ3n) is 4.62. The maximum absolute atomic E-state index is 12.3. The van der Waals surface area contributed by atoms with Crippen LogP contribution in [0, 0.1) is 6.92 Å². The summed E-state index contributed by atoms with van der Waals surface area (Å²) in [6, 6.07) is 8.41. The molecule has 1 aliphatic rings. The van der Waals surface area contributed by atoms with E-state index in [4.69, 9.17) is 4.74 Å². The zero-order valence-corrected chi connectivity index (χ0v) is 18.4. The average molecular weight is 416 g/mol. The second-order valence-electron chi connectivity index (χ2n) is 8.43. The predicted molar refractivity (Wildman–Crippen MR) is 115 cm³/mol. The lowest BCUT2D eigenvalue weighted by Gasteiger charge is -2.29. The molecule has 0 radical (unpaired) electrons. The highest BCUT2D eigenvalue weighted by molar-refractivity contribution is 7.15. The smallest absolute Gasteiger partial charge is 0.410 e. The fourth-order valence-electron chi connectivity index (χ4n) is 3.12. The normalized spacial score (nSPS) is 13.7. The summed E-state index contributed by atoms with van der Waals surface area (Å²) in [6.45, 7) is 8.71. The van der Waals surface area contributed by atoms with E-state index in [0.717, 1.165) is 23.4 Å². The summed E-state index contributed by atoms with van der Waals surface area (Å²) < 4.78 is 5.45. The van der Waals surface area contributed by atoms with Crippen molar-refractivity contribution in [3.8, 4) is 0 Å². The van der Waals surface area contributed by atoms with Crippen molar-refractivity contribution in [2.45, 2.75) is 65.5 Å². The van der Waals surface area contributed by atoms with Crippen molar-refractivity contribution >= 4 is 28.5 Å². The largest absolute Gasteiger partial charge is 0.444 e. The third kappa shape index (κ3) is 6.29. The van der Waals surface area contributed by atoms with Crippen LogP contribution in [0.5, 0.6) is 0 Å². The van der Waals surface area contributed by atoms with Gasteiger partial charge >= 0.3 is 6.09 Å². The Hall–Kier alpha value is -2.41. The maximum Gasteiger partial charge on any atom is 0.410 e. The van der Waals surface area contributed by atoms with Gasteiger partial charge in [-0.15, -0.1) is 0 Å². The van der Waals surface area contributed by atoms with E-state index in [0.29, 0.717) is 31.1 Å². The van der Waals surface area contributed by atoms with Crippen molar-refractivity contribution in [2.75, 3.05) is 11.9 Å². The summed E-state index contributed by atoms with van der Waals surface area (Å²) >= 11 is 1.44. The van der Waals surface area contributed by atoms with Crippen LogP contribution >= 0.6 is 11.3 Å². The fraction of sp³-hybridized carbons (Fsp3) is 0.500. The van der Waals surface area contributed by atoms with Crippen LogP contribution in [-0.2, 0) is 28.9 Å². The minimum Gasteiger partial charge on any atom is -0.444 e. The molecule has 0 saturated carbocycles. The van der Waals surface area contributed by atoms with Crippen LogP contribution in [0.25, 0.3) is 0 Å². The number of thiazole rings is 1. The minimum atomic E-state index is -0.511. The summed E-state index contributed by atoms with van der Waals surface area (Å²) in [5.74, 6) is -0.0211. The highest BCUT2D eigenvalue weighted by Gasteiger charge is 2.28. The highest BCUT2D eigenvalue weighted by Crippen LogP contribution is 2.29. The Morgan fingerprint density at radius 1 is 1.24 bits per heavy atom. The van der Waals surface area contributed by atoms with Crippen molar-refractivity contribution in [3.05, 3.63) is 46.0 Å². The molecule has 1 N–H and O–H groups in total. The lowest BCUT2D eigenvalue weighted by atomic mass is 10.1. The van der Waals surface area contributed by atoms with Crippen molar-refractivity contribution in [3.63, 3.8) is 0 Å². The Labute approximate surface area is 176 Å². The molecule has 2 heterocycles. The summed E-state index contributed by atoms with van der Waals surface area (Å²) in [6.07, 6.45) is 2.51. The number of nitrogens with one attached hydrogen (secondary N) is 1. The fourth-order valence-corrected chi connectivity index (χ4v) is 4.16. The first-order valence-electron chi connectivity index (χ1n) is 10.0. The molecular weight excluding hydrogens is 386 g/mol. The Kier molecular flexibility index (Phi) is 6.57. The first kappa shape index (κ1) is 21.3. The Bertz CT molecular complexity index is 868. The summed E-state index contributed by atoms with van der Waals surface area (Å²) in [5.41, 5.74) is 2.94. The molecule has 0 fully saturated rings. The number of ether oxygens (including phenoxy) is 1. The Morgan fingerprint density at radius 3 is 2.66 bits per heavy atom. The molecule has 0 unspecified atom stereocenters. The predicted octanol–water partition coefficient (Wildman–Crippen LogP) is 4.71. The van der Waals surface area contributed by atoms with E-state index in [2.05, 4.69) is 41.5 Å². The topological polar surface area (TPSA) is 71.5 Å². The molecular formula is C22H29N3O3S. The van der Waals surface area contributed by atoms with E-state index in [1.54, 1.807) is 4.90 Å². The number of hydrogen-bond acceptors (Lipinski definition) is 5. The minimum absolute atomic E-state index is 0.0211. The van der Waals surface area contributed by atoms with E-state index in [1.807, 2.05) is 20.8 Å². The number of aryl methyl sites for hydroxylation is 2. The number of anilines is 1. The molecule has 1 aromatic carbocycles. The van der Waals surface area contributed by atoms with Gasteiger partial charge in [0.05, 0.1) is 12.2 Å². The molecule has 2 amide bonds. The number of fused-ring (bicyclic) bond motifs is 1. The van der Waals surface area contributed by atoms with Crippen LogP contribution in [0.15, 0.2) is 24.3 Å². The molecule has 29 heavy (non-hydrogen) atoms. The van der Waals surface area contributed by atoms with Gasteiger partial charge in [-0.1, -0.05) is 41.2 Å². The summed E-state index contributed by atoms with van der Waals surface area (Å²) in [7, 11) is 0. The van der Waals surface area contributed by atoms with E-state index in [-0.39, 0.29) is 12.0 Å². The first-order valence-corrected chi connectivity index (χ1v) is 10.8. The molecule has 0 saturated heterocycles. The zero-order valence-electron chi connectivity index (χ0n) is 17.6. The van der Waals surface area contributed by atoms with Gasteiger partial charge < -0.3 is 15.0 Å². The molecule has 156 valence electrons. The zero-order chi connectivity index (χ0) is 21.0. The van der Waals surface area contributed by atoms with Crippen LogP contribution < -0.4 is 5.32 Å². The monoisotopic (exact) mass is 415 g/mol. The molecule has 0 atom stereocenters. The number of nitrogens with zero attached hydrogens (tertiary/aromatic N) is 2. The Balaban J connectivity index is 1.49. The van der Waals surface area contributed by atoms with Crippen molar-refractivity contribution in [1.82, 2.24) is 9.88 Å². The van der Waals surface area contributed by atoms with E-state index >= 15 is 0 Å². The lowest BCUT2D eigenvalue weighted by Crippen LogP contribution is -2.39. The van der Waals surface area contributed by atoms with Crippen molar-refractivity contribution in [1.29, 1.82) is 0 Å². The van der Waals surface area contributed by atoms with Gasteiger partial charge in [-0.2, -0.15) is 0 Å². The van der Waals surface area contributed by atoms with Gasteiger partial charge in [0.1, 0.15) is 5.60 Å². The van der Waals surface area contributed by atoms with Crippen LogP contribution in [0.1, 0.15) is 55.3 Å². The van der Waals surface area contributed by atoms with Gasteiger partial charge in [-0.25, -0.2) is 9.78 Å². The molecule has 0 bridgehead atoms. The summed E-state index contributed by atoms with van der Waals surface area (Å²) in [5, 5.41) is 3.52. The Morgan fingerprint density at radius 2 is 1.97 bits per heavy atom. The van der Waals surface area contributed by atoms with Crippen LogP contribution in [0.3, 0.4) is 0 Å². The van der Waals surface area contributed by atoms with Crippen LogP contribution in [0.4, 0.5) is 9.93 Å². The van der Waals surface area contributed by atoms with Gasteiger partial charge in [0.2, 0.25) is 5.91 Å². The molecule has 7 heteroatoms. The van der Waals surface area contributed by atoms with E-state index < -0.39 is 5.60 Å². The second kappa shape index (κ2) is 8.95. The van der Waals surface area contributed by atoms with Gasteiger partial charge in [0, 0.05) is 24.3 Å². The number of amides is 2. The van der Waals surface area contributed by atoms with Crippen molar-refractivity contribution in [2.24, 2.45) is 0 Å². The molecule has 0 aliphatic carbocycles. The number of rotatable bonds is 5. The van der Waals surface area contributed by atoms with Gasteiger partial charge in [-0.05, 0) is 46.1 Å². The maximum atomic E-state index is 12.3. The second-order valence-corrected chi connectivity index (χ2v) is 9.51.